The van der Waals surface area contributed by atoms with Gasteiger partial charge in [-0.3, -0.25) is 0 Å². The van der Waals surface area contributed by atoms with Gasteiger partial charge in [0, 0.05) is 50.2 Å². The fourth-order valence-corrected chi connectivity index (χ4v) is 11.2. The molecule has 3 aliphatic heterocycles. The summed E-state index contributed by atoms with van der Waals surface area (Å²) >= 11 is 0. The highest BCUT2D eigenvalue weighted by Crippen LogP contribution is 2.60. The van der Waals surface area contributed by atoms with E-state index in [1.54, 1.807) is 0 Å². The second-order valence-corrected chi connectivity index (χ2v) is 16.3. The molecule has 3 nitrogen and oxygen atoms in total. The summed E-state index contributed by atoms with van der Waals surface area (Å²) in [6.45, 7) is 5.19. The maximum atomic E-state index is 6.65. The third kappa shape index (κ3) is 3.83. The number of furan rings is 1. The van der Waals surface area contributed by atoms with Gasteiger partial charge in [-0.1, -0.05) is 122 Å². The van der Waals surface area contributed by atoms with E-state index < -0.39 is 0 Å². The molecule has 0 N–H and O–H groups in total. The summed E-state index contributed by atoms with van der Waals surface area (Å²) in [6.07, 6.45) is 4.97. The number of hydrogen-bond donors (Lipinski definition) is 0. The molecule has 1 saturated carbocycles. The molecule has 0 saturated heterocycles. The van der Waals surface area contributed by atoms with Crippen LogP contribution in [0, 0.1) is 0 Å². The van der Waals surface area contributed by atoms with Crippen LogP contribution in [0.5, 0.6) is 0 Å². The van der Waals surface area contributed by atoms with Crippen molar-refractivity contribution in [1.82, 2.24) is 0 Å². The molecule has 258 valence electrons. The molecule has 1 aromatic heterocycles. The second-order valence-electron chi connectivity index (χ2n) is 16.3. The average Bonchev–Trinajstić information content (AvgIpc) is 3.82. The minimum atomic E-state index is 0.00675. The third-order valence-corrected chi connectivity index (χ3v) is 13.8. The van der Waals surface area contributed by atoms with Gasteiger partial charge < -0.3 is 14.2 Å². The Morgan fingerprint density at radius 1 is 0.556 bits per heavy atom. The van der Waals surface area contributed by atoms with Gasteiger partial charge in [-0.2, -0.15) is 0 Å². The van der Waals surface area contributed by atoms with Crippen LogP contribution >= 0.6 is 0 Å². The Morgan fingerprint density at radius 3 is 2.22 bits per heavy atom. The van der Waals surface area contributed by atoms with E-state index in [1.165, 1.54) is 92.8 Å². The van der Waals surface area contributed by atoms with Crippen LogP contribution in [0.15, 0.2) is 156 Å². The zero-order valence-electron chi connectivity index (χ0n) is 30.6. The normalized spacial score (nSPS) is 20.5. The highest BCUT2D eigenvalue weighted by molar-refractivity contribution is 7.01. The quantitative estimate of drug-likeness (QED) is 0.172. The number of benzene rings is 7. The van der Waals surface area contributed by atoms with Crippen LogP contribution in [0.25, 0.3) is 44.2 Å². The van der Waals surface area contributed by atoms with Crippen LogP contribution < -0.4 is 26.2 Å². The first-order valence-corrected chi connectivity index (χ1v) is 19.6. The Morgan fingerprint density at radius 2 is 1.31 bits per heavy atom. The first-order chi connectivity index (χ1) is 26.5. The molecular weight excluding hydrogens is 655 g/mol. The number of fused-ring (bicyclic) bond motifs is 11. The van der Waals surface area contributed by atoms with Gasteiger partial charge in [-0.15, -0.1) is 0 Å². The third-order valence-electron chi connectivity index (χ3n) is 13.8. The molecule has 8 aromatic rings. The van der Waals surface area contributed by atoms with Crippen molar-refractivity contribution in [1.29, 1.82) is 0 Å². The van der Waals surface area contributed by atoms with E-state index in [-0.39, 0.29) is 17.7 Å². The van der Waals surface area contributed by atoms with Crippen LogP contribution in [0.4, 0.5) is 28.4 Å². The van der Waals surface area contributed by atoms with Gasteiger partial charge in [0.05, 0.1) is 5.54 Å². The van der Waals surface area contributed by atoms with Crippen molar-refractivity contribution in [2.75, 3.05) is 9.80 Å². The van der Waals surface area contributed by atoms with E-state index in [0.29, 0.717) is 0 Å². The molecule has 0 amide bonds. The van der Waals surface area contributed by atoms with E-state index >= 15 is 0 Å². The number of para-hydroxylation sites is 5. The van der Waals surface area contributed by atoms with E-state index in [4.69, 9.17) is 4.42 Å². The summed E-state index contributed by atoms with van der Waals surface area (Å²) in [7, 11) is 0. The highest BCUT2D eigenvalue weighted by atomic mass is 16.3. The predicted octanol–water partition coefficient (Wildman–Crippen LogP) is 11.3. The number of hydrogen-bond acceptors (Lipinski definition) is 3. The molecule has 0 spiro atoms. The Hall–Kier alpha value is -6.00. The first kappa shape index (κ1) is 30.5. The Balaban J connectivity index is 1.12. The van der Waals surface area contributed by atoms with Gasteiger partial charge in [0.15, 0.2) is 0 Å². The first-order valence-electron chi connectivity index (χ1n) is 19.6. The van der Waals surface area contributed by atoms with Gasteiger partial charge in [0.2, 0.25) is 6.71 Å². The lowest BCUT2D eigenvalue weighted by atomic mass is 9.37. The molecule has 4 heteroatoms. The summed E-state index contributed by atoms with van der Waals surface area (Å²) < 4.78 is 6.65. The van der Waals surface area contributed by atoms with E-state index in [0.717, 1.165) is 27.5 Å². The lowest BCUT2D eigenvalue weighted by molar-refractivity contribution is 0.195. The van der Waals surface area contributed by atoms with Crippen LogP contribution in [0.2, 0.25) is 0 Å². The summed E-state index contributed by atoms with van der Waals surface area (Å²) in [5, 5.41) is 2.31. The summed E-state index contributed by atoms with van der Waals surface area (Å²) in [5.41, 5.74) is 18.9. The van der Waals surface area contributed by atoms with Crippen LogP contribution in [0.3, 0.4) is 0 Å². The summed E-state index contributed by atoms with van der Waals surface area (Å²) in [4.78, 5) is 5.22. The molecule has 0 bridgehead atoms. The smallest absolute Gasteiger partial charge is 0.248 e. The Kier molecular flexibility index (Phi) is 6.09. The highest BCUT2D eigenvalue weighted by Gasteiger charge is 2.57. The van der Waals surface area contributed by atoms with Crippen LogP contribution in [-0.2, 0) is 5.41 Å². The van der Waals surface area contributed by atoms with E-state index in [1.807, 2.05) is 0 Å². The van der Waals surface area contributed by atoms with Crippen LogP contribution in [0.1, 0.15) is 45.1 Å². The monoisotopic (exact) mass is 694 g/mol. The van der Waals surface area contributed by atoms with E-state index in [9.17, 15) is 0 Å². The number of anilines is 5. The zero-order chi connectivity index (χ0) is 35.8. The standard InChI is InChI=1S/C50H39BN2O/c1-49-27-12-13-28-50(49,2)53(43-22-9-7-20-40(43)49)34-25-26-36-39-29-32(35-18-14-19-38-37-17-6-11-24-46(37)54-48(35)38)30-45-47(39)51(42(36)31-34)41-21-8-10-23-44(41)52(45)33-15-4-3-5-16-33/h3-11,14-26,29-31H,12-13,27-28H2,1-2H3. The van der Waals surface area contributed by atoms with Gasteiger partial charge in [0.25, 0.3) is 0 Å². The minimum absolute atomic E-state index is 0.00675. The van der Waals surface area contributed by atoms with Crippen molar-refractivity contribution in [3.63, 3.8) is 0 Å². The van der Waals surface area contributed by atoms with Crippen molar-refractivity contribution in [2.24, 2.45) is 0 Å². The van der Waals surface area contributed by atoms with Gasteiger partial charge in [-0.25, -0.2) is 0 Å². The van der Waals surface area contributed by atoms with Gasteiger partial charge in [-0.05, 0) is 108 Å². The number of rotatable bonds is 3. The van der Waals surface area contributed by atoms with Gasteiger partial charge in [0.1, 0.15) is 11.2 Å². The lowest BCUT2D eigenvalue weighted by Gasteiger charge is -2.50. The molecule has 0 radical (unpaired) electrons. The fraction of sp³-hybridized carbons (Fsp3) is 0.160. The lowest BCUT2D eigenvalue weighted by Crippen LogP contribution is -2.56. The SMILES string of the molecule is CC12CCCCC1(C)N(c1ccc3c(c1)B1c4ccccc4N(c4ccccc4)c4cc(-c5cccc6c5oc5ccccc56)cc-3c41)c1ccccc12. The topological polar surface area (TPSA) is 19.6 Å². The Labute approximate surface area is 316 Å². The van der Waals surface area contributed by atoms with Crippen molar-refractivity contribution >= 4 is 73.5 Å². The summed E-state index contributed by atoms with van der Waals surface area (Å²) in [6, 6.07) is 56.5. The largest absolute Gasteiger partial charge is 0.455 e. The average molecular weight is 695 g/mol. The fourth-order valence-electron chi connectivity index (χ4n) is 11.2. The molecule has 54 heavy (non-hydrogen) atoms. The zero-order valence-corrected chi connectivity index (χ0v) is 30.6. The molecule has 2 unspecified atom stereocenters. The van der Waals surface area contributed by atoms with Gasteiger partial charge >= 0.3 is 0 Å². The van der Waals surface area contributed by atoms with Crippen molar-refractivity contribution in [3.8, 4) is 22.3 Å². The molecule has 1 fully saturated rings. The molecule has 12 rings (SSSR count). The summed E-state index contributed by atoms with van der Waals surface area (Å²) in [5.74, 6) is 0. The maximum absolute atomic E-state index is 6.65. The second kappa shape index (κ2) is 10.8. The molecule has 1 aliphatic carbocycles. The molecule has 7 aromatic carbocycles. The Bertz CT molecular complexity index is 2860. The predicted molar refractivity (Wildman–Crippen MR) is 227 cm³/mol. The molecule has 4 heterocycles. The van der Waals surface area contributed by atoms with Crippen LogP contribution in [-0.4, -0.2) is 12.3 Å². The van der Waals surface area contributed by atoms with Crippen molar-refractivity contribution in [2.45, 2.75) is 50.5 Å². The van der Waals surface area contributed by atoms with Crippen molar-refractivity contribution < 1.29 is 4.42 Å². The van der Waals surface area contributed by atoms with E-state index in [2.05, 4.69) is 175 Å². The minimum Gasteiger partial charge on any atom is -0.455 e. The number of nitrogens with zero attached hydrogens (tertiary/aromatic N) is 2. The molecule has 2 atom stereocenters. The maximum Gasteiger partial charge on any atom is 0.248 e. The molecule has 4 aliphatic rings. The van der Waals surface area contributed by atoms with Crippen molar-refractivity contribution in [3.05, 3.63) is 157 Å². The molecular formula is C50H39BN2O.